The van der Waals surface area contributed by atoms with Gasteiger partial charge in [0.1, 0.15) is 5.82 Å². The lowest BCUT2D eigenvalue weighted by Crippen LogP contribution is -2.39. The van der Waals surface area contributed by atoms with Gasteiger partial charge in [-0.15, -0.1) is 0 Å². The maximum Gasteiger partial charge on any atom is 0.157 e. The van der Waals surface area contributed by atoms with Crippen molar-refractivity contribution < 1.29 is 8.81 Å². The maximum absolute atomic E-state index is 13.0. The maximum atomic E-state index is 13.0. The Kier molecular flexibility index (Phi) is 3.25. The number of nitrogens with zero attached hydrogens (tertiary/aromatic N) is 1. The second-order valence-corrected chi connectivity index (χ2v) is 4.97. The van der Waals surface area contributed by atoms with E-state index >= 15 is 0 Å². The van der Waals surface area contributed by atoms with Gasteiger partial charge in [-0.25, -0.2) is 4.39 Å². The van der Waals surface area contributed by atoms with Crippen molar-refractivity contribution in [2.45, 2.75) is 18.9 Å². The summed E-state index contributed by atoms with van der Waals surface area (Å²) in [6.45, 7) is 1.88. The van der Waals surface area contributed by atoms with Crippen molar-refractivity contribution >= 4 is 5.69 Å². The van der Waals surface area contributed by atoms with Crippen LogP contribution in [-0.4, -0.2) is 19.1 Å². The van der Waals surface area contributed by atoms with Crippen LogP contribution in [0, 0.1) is 5.82 Å². The fourth-order valence-corrected chi connectivity index (χ4v) is 2.51. The molecule has 2 N–H and O–H groups in total. The predicted octanol–water partition coefficient (Wildman–Crippen LogP) is 3.01. The van der Waals surface area contributed by atoms with Crippen molar-refractivity contribution in [2.24, 2.45) is 5.73 Å². The van der Waals surface area contributed by atoms with Gasteiger partial charge in [0.05, 0.1) is 12.0 Å². The Balaban J connectivity index is 1.88. The zero-order chi connectivity index (χ0) is 13.2. The molecule has 0 bridgehead atoms. The molecular formula is C15H17FN2O. The molecule has 0 unspecified atom stereocenters. The summed E-state index contributed by atoms with van der Waals surface area (Å²) in [5.41, 5.74) is 7.89. The summed E-state index contributed by atoms with van der Waals surface area (Å²) < 4.78 is 18.5. The number of furan rings is 1. The highest BCUT2D eigenvalue weighted by Crippen LogP contribution is 2.33. The van der Waals surface area contributed by atoms with E-state index in [-0.39, 0.29) is 5.82 Å². The summed E-state index contributed by atoms with van der Waals surface area (Å²) in [5, 5.41) is 0. The van der Waals surface area contributed by atoms with E-state index in [1.54, 1.807) is 18.4 Å². The molecule has 4 heteroatoms. The highest BCUT2D eigenvalue weighted by atomic mass is 19.1. The van der Waals surface area contributed by atoms with Crippen LogP contribution in [0.4, 0.5) is 10.1 Å². The van der Waals surface area contributed by atoms with Crippen LogP contribution in [0.1, 0.15) is 12.8 Å². The van der Waals surface area contributed by atoms with E-state index < -0.39 is 0 Å². The van der Waals surface area contributed by atoms with Gasteiger partial charge >= 0.3 is 0 Å². The summed E-state index contributed by atoms with van der Waals surface area (Å²) in [6, 6.07) is 8.66. The Morgan fingerprint density at radius 3 is 2.47 bits per heavy atom. The number of halogens is 1. The molecule has 0 saturated carbocycles. The SMILES string of the molecule is NC1CCN(c2ccoc2-c2ccc(F)cc2)CC1. The Morgan fingerprint density at radius 1 is 1.11 bits per heavy atom. The molecule has 0 aliphatic carbocycles. The van der Waals surface area contributed by atoms with Crippen LogP contribution in [0.5, 0.6) is 0 Å². The minimum absolute atomic E-state index is 0.235. The predicted molar refractivity (Wildman–Crippen MR) is 73.5 cm³/mol. The molecule has 3 rings (SSSR count). The van der Waals surface area contributed by atoms with Gasteiger partial charge < -0.3 is 15.1 Å². The second kappa shape index (κ2) is 5.05. The number of anilines is 1. The number of hydrogen-bond acceptors (Lipinski definition) is 3. The van der Waals surface area contributed by atoms with Gasteiger partial charge in [-0.3, -0.25) is 0 Å². The molecule has 0 atom stereocenters. The molecule has 1 aromatic heterocycles. The zero-order valence-corrected chi connectivity index (χ0v) is 10.7. The molecule has 1 saturated heterocycles. The highest BCUT2D eigenvalue weighted by Gasteiger charge is 2.20. The van der Waals surface area contributed by atoms with Crippen LogP contribution >= 0.6 is 0 Å². The first kappa shape index (κ1) is 12.2. The highest BCUT2D eigenvalue weighted by molar-refractivity contribution is 5.73. The van der Waals surface area contributed by atoms with Gasteiger partial charge in [0.2, 0.25) is 0 Å². The van der Waals surface area contributed by atoms with Crippen LogP contribution in [-0.2, 0) is 0 Å². The minimum Gasteiger partial charge on any atom is -0.462 e. The number of rotatable bonds is 2. The lowest BCUT2D eigenvalue weighted by atomic mass is 10.0. The van der Waals surface area contributed by atoms with E-state index in [9.17, 15) is 4.39 Å². The van der Waals surface area contributed by atoms with Crippen LogP contribution in [0.2, 0.25) is 0 Å². The first-order valence-corrected chi connectivity index (χ1v) is 6.58. The standard InChI is InChI=1S/C15H17FN2O/c16-12-3-1-11(2-4-12)15-14(7-10-19-15)18-8-5-13(17)6-9-18/h1-4,7,10,13H,5-6,8-9,17H2. The van der Waals surface area contributed by atoms with E-state index in [0.29, 0.717) is 6.04 Å². The smallest absolute Gasteiger partial charge is 0.157 e. The molecular weight excluding hydrogens is 243 g/mol. The van der Waals surface area contributed by atoms with Gasteiger partial charge in [-0.1, -0.05) is 0 Å². The summed E-state index contributed by atoms with van der Waals surface area (Å²) in [7, 11) is 0. The van der Waals surface area contributed by atoms with E-state index in [4.69, 9.17) is 10.2 Å². The molecule has 1 fully saturated rings. The van der Waals surface area contributed by atoms with Crippen LogP contribution < -0.4 is 10.6 Å². The topological polar surface area (TPSA) is 42.4 Å². The molecule has 1 aromatic carbocycles. The first-order chi connectivity index (χ1) is 9.24. The number of hydrogen-bond donors (Lipinski definition) is 1. The molecule has 2 heterocycles. The van der Waals surface area contributed by atoms with E-state index in [0.717, 1.165) is 42.9 Å². The summed E-state index contributed by atoms with van der Waals surface area (Å²) in [5.74, 6) is 0.566. The van der Waals surface area contributed by atoms with Crippen LogP contribution in [0.25, 0.3) is 11.3 Å². The first-order valence-electron chi connectivity index (χ1n) is 6.58. The van der Waals surface area contributed by atoms with Crippen molar-refractivity contribution in [3.05, 3.63) is 42.4 Å². The van der Waals surface area contributed by atoms with E-state index in [1.807, 2.05) is 6.07 Å². The summed E-state index contributed by atoms with van der Waals surface area (Å²) in [6.07, 6.45) is 3.67. The second-order valence-electron chi connectivity index (χ2n) is 4.97. The van der Waals surface area contributed by atoms with Crippen molar-refractivity contribution in [3.8, 4) is 11.3 Å². The normalized spacial score (nSPS) is 16.8. The fraction of sp³-hybridized carbons (Fsp3) is 0.333. The Labute approximate surface area is 111 Å². The average molecular weight is 260 g/mol. The lowest BCUT2D eigenvalue weighted by molar-refractivity contribution is 0.499. The average Bonchev–Trinajstić information content (AvgIpc) is 2.90. The van der Waals surface area contributed by atoms with Crippen molar-refractivity contribution in [1.29, 1.82) is 0 Å². The van der Waals surface area contributed by atoms with Gasteiger partial charge in [0.15, 0.2) is 5.76 Å². The summed E-state index contributed by atoms with van der Waals surface area (Å²) >= 11 is 0. The molecule has 0 amide bonds. The Hall–Kier alpha value is -1.81. The largest absolute Gasteiger partial charge is 0.462 e. The number of piperidine rings is 1. The molecule has 0 radical (unpaired) electrons. The van der Waals surface area contributed by atoms with Gasteiger partial charge in [-0.2, -0.15) is 0 Å². The molecule has 1 aliphatic rings. The molecule has 2 aromatic rings. The van der Waals surface area contributed by atoms with Gasteiger partial charge in [0.25, 0.3) is 0 Å². The minimum atomic E-state index is -0.235. The van der Waals surface area contributed by atoms with Crippen molar-refractivity contribution in [2.75, 3.05) is 18.0 Å². The fourth-order valence-electron chi connectivity index (χ4n) is 2.51. The molecule has 100 valence electrons. The third-order valence-electron chi connectivity index (χ3n) is 3.63. The van der Waals surface area contributed by atoms with Gasteiger partial charge in [-0.05, 0) is 37.1 Å². The van der Waals surface area contributed by atoms with Crippen LogP contribution in [0.3, 0.4) is 0 Å². The zero-order valence-electron chi connectivity index (χ0n) is 10.7. The number of nitrogens with two attached hydrogens (primary N) is 1. The Bertz CT molecular complexity index is 542. The quantitative estimate of drug-likeness (QED) is 0.902. The third kappa shape index (κ3) is 2.49. The monoisotopic (exact) mass is 260 g/mol. The van der Waals surface area contributed by atoms with Crippen molar-refractivity contribution in [1.82, 2.24) is 0 Å². The molecule has 0 spiro atoms. The summed E-state index contributed by atoms with van der Waals surface area (Å²) in [4.78, 5) is 2.28. The molecule has 3 nitrogen and oxygen atoms in total. The van der Waals surface area contributed by atoms with Crippen LogP contribution in [0.15, 0.2) is 41.0 Å². The van der Waals surface area contributed by atoms with E-state index in [2.05, 4.69) is 4.90 Å². The third-order valence-corrected chi connectivity index (χ3v) is 3.63. The molecule has 19 heavy (non-hydrogen) atoms. The molecule has 1 aliphatic heterocycles. The lowest BCUT2D eigenvalue weighted by Gasteiger charge is -2.31. The van der Waals surface area contributed by atoms with Gasteiger partial charge in [0, 0.05) is 30.8 Å². The number of benzene rings is 1. The van der Waals surface area contributed by atoms with Crippen molar-refractivity contribution in [3.63, 3.8) is 0 Å². The Morgan fingerprint density at radius 2 is 1.79 bits per heavy atom. The van der Waals surface area contributed by atoms with E-state index in [1.165, 1.54) is 12.1 Å².